The quantitative estimate of drug-likeness (QED) is 0.614. The molecule has 0 aliphatic carbocycles. The van der Waals surface area contributed by atoms with Crippen LogP contribution in [-0.4, -0.2) is 31.8 Å². The maximum absolute atomic E-state index is 12.1. The monoisotopic (exact) mass is 427 g/mol. The fourth-order valence-corrected chi connectivity index (χ4v) is 4.11. The average molecular weight is 428 g/mol. The highest BCUT2D eigenvalue weighted by atomic mass is 35.5. The van der Waals surface area contributed by atoms with E-state index in [-0.39, 0.29) is 4.90 Å². The average Bonchev–Trinajstić information content (AvgIpc) is 3.06. The molecule has 0 atom stereocenters. The molecule has 3 rings (SSSR count). The minimum absolute atomic E-state index is 0.246. The van der Waals surface area contributed by atoms with Crippen LogP contribution in [0.5, 0.6) is 0 Å². The number of nitrogens with zero attached hydrogens (tertiary/aromatic N) is 2. The van der Waals surface area contributed by atoms with Crippen LogP contribution in [0.2, 0.25) is 10.0 Å². The van der Waals surface area contributed by atoms with Crippen LogP contribution >= 0.6 is 34.5 Å². The lowest BCUT2D eigenvalue weighted by Crippen LogP contribution is -2.22. The third kappa shape index (κ3) is 4.02. The summed E-state index contributed by atoms with van der Waals surface area (Å²) in [5.41, 5.74) is 2.38. The lowest BCUT2D eigenvalue weighted by molar-refractivity contribution is 0.521. The number of nitrogens with one attached hydrogen (secondary N) is 1. The number of benzene rings is 2. The Hall–Kier alpha value is -1.64. The summed E-state index contributed by atoms with van der Waals surface area (Å²) in [7, 11) is -0.430. The van der Waals surface area contributed by atoms with Crippen LogP contribution < -0.4 is 5.32 Å². The molecule has 0 saturated carbocycles. The first kappa shape index (κ1) is 19.1. The van der Waals surface area contributed by atoms with Gasteiger partial charge in [-0.25, -0.2) is 17.7 Å². The Morgan fingerprint density at radius 1 is 1.04 bits per heavy atom. The molecule has 0 radical (unpaired) electrons. The Bertz CT molecular complexity index is 1030. The number of hydrogen-bond acceptors (Lipinski definition) is 5. The SMILES string of the molecule is CN(C)S(=O)(=O)c1ccc(-c2csc(Nc3ccc(Cl)c(Cl)c3)n2)cc1. The molecule has 0 saturated heterocycles. The Balaban J connectivity index is 1.80. The number of halogens is 2. The highest BCUT2D eigenvalue weighted by Gasteiger charge is 2.17. The molecule has 3 aromatic rings. The maximum atomic E-state index is 12.1. The molecule has 0 fully saturated rings. The second-order valence-electron chi connectivity index (χ2n) is 5.60. The van der Waals surface area contributed by atoms with Gasteiger partial charge in [0.05, 0.1) is 20.6 Å². The number of rotatable bonds is 5. The predicted octanol–water partition coefficient (Wildman–Crippen LogP) is 5.11. The van der Waals surface area contributed by atoms with Crippen molar-refractivity contribution in [3.05, 3.63) is 57.9 Å². The van der Waals surface area contributed by atoms with Gasteiger partial charge in [-0.3, -0.25) is 0 Å². The van der Waals surface area contributed by atoms with E-state index in [0.717, 1.165) is 16.9 Å². The smallest absolute Gasteiger partial charge is 0.242 e. The molecule has 5 nitrogen and oxygen atoms in total. The summed E-state index contributed by atoms with van der Waals surface area (Å²) in [5, 5.41) is 6.72. The summed E-state index contributed by atoms with van der Waals surface area (Å²) in [6.45, 7) is 0. The molecule has 0 aliphatic heterocycles. The van der Waals surface area contributed by atoms with Crippen LogP contribution in [-0.2, 0) is 10.0 Å². The van der Waals surface area contributed by atoms with E-state index in [0.29, 0.717) is 15.2 Å². The van der Waals surface area contributed by atoms with Gasteiger partial charge in [-0.1, -0.05) is 35.3 Å². The van der Waals surface area contributed by atoms with Gasteiger partial charge in [-0.2, -0.15) is 0 Å². The molecule has 2 aromatic carbocycles. The molecular formula is C17H15Cl2N3O2S2. The highest BCUT2D eigenvalue weighted by Crippen LogP contribution is 2.30. The third-order valence-electron chi connectivity index (χ3n) is 3.60. The van der Waals surface area contributed by atoms with Gasteiger partial charge >= 0.3 is 0 Å². The topological polar surface area (TPSA) is 62.3 Å². The molecule has 0 spiro atoms. The van der Waals surface area contributed by atoms with E-state index in [2.05, 4.69) is 10.3 Å². The van der Waals surface area contributed by atoms with Crippen LogP contribution in [0.15, 0.2) is 52.7 Å². The van der Waals surface area contributed by atoms with E-state index in [1.807, 2.05) is 11.4 Å². The summed E-state index contributed by atoms with van der Waals surface area (Å²) >= 11 is 13.4. The van der Waals surface area contributed by atoms with Crippen molar-refractivity contribution < 1.29 is 8.42 Å². The number of sulfonamides is 1. The van der Waals surface area contributed by atoms with Gasteiger partial charge in [0.15, 0.2) is 5.13 Å². The van der Waals surface area contributed by atoms with Crippen molar-refractivity contribution >= 4 is 55.4 Å². The van der Waals surface area contributed by atoms with Crippen molar-refractivity contribution in [3.8, 4) is 11.3 Å². The number of thiazole rings is 1. The Kier molecular flexibility index (Phi) is 5.55. The van der Waals surface area contributed by atoms with Gasteiger partial charge < -0.3 is 5.32 Å². The zero-order valence-electron chi connectivity index (χ0n) is 13.9. The molecule has 0 bridgehead atoms. The Morgan fingerprint density at radius 2 is 1.73 bits per heavy atom. The molecule has 136 valence electrons. The Labute approximate surface area is 166 Å². The van der Waals surface area contributed by atoms with Gasteiger partial charge in [0.25, 0.3) is 0 Å². The molecule has 9 heteroatoms. The molecule has 1 N–H and O–H groups in total. The third-order valence-corrected chi connectivity index (χ3v) is 6.93. The summed E-state index contributed by atoms with van der Waals surface area (Å²) in [5.74, 6) is 0. The van der Waals surface area contributed by atoms with Gasteiger partial charge in [0.2, 0.25) is 10.0 Å². The second kappa shape index (κ2) is 7.54. The van der Waals surface area contributed by atoms with Crippen molar-refractivity contribution in [2.45, 2.75) is 4.90 Å². The van der Waals surface area contributed by atoms with Crippen molar-refractivity contribution in [2.24, 2.45) is 0 Å². The minimum atomic E-state index is -3.44. The number of hydrogen-bond donors (Lipinski definition) is 1. The van der Waals surface area contributed by atoms with Crippen LogP contribution in [0.3, 0.4) is 0 Å². The van der Waals surface area contributed by atoms with Crippen LogP contribution in [0, 0.1) is 0 Å². The van der Waals surface area contributed by atoms with E-state index >= 15 is 0 Å². The maximum Gasteiger partial charge on any atom is 0.242 e. The van der Waals surface area contributed by atoms with Gasteiger partial charge in [-0.05, 0) is 30.3 Å². The molecule has 0 aliphatic rings. The molecule has 0 amide bonds. The van der Waals surface area contributed by atoms with Crippen LogP contribution in [0.25, 0.3) is 11.3 Å². The van der Waals surface area contributed by atoms with Crippen molar-refractivity contribution in [1.29, 1.82) is 0 Å². The zero-order valence-corrected chi connectivity index (χ0v) is 17.0. The van der Waals surface area contributed by atoms with E-state index in [1.54, 1.807) is 36.4 Å². The number of aromatic nitrogens is 1. The molecule has 26 heavy (non-hydrogen) atoms. The van der Waals surface area contributed by atoms with E-state index in [1.165, 1.54) is 29.7 Å². The second-order valence-corrected chi connectivity index (χ2v) is 9.43. The van der Waals surface area contributed by atoms with Crippen LogP contribution in [0.4, 0.5) is 10.8 Å². The van der Waals surface area contributed by atoms with Gasteiger partial charge in [-0.15, -0.1) is 11.3 Å². The van der Waals surface area contributed by atoms with E-state index in [4.69, 9.17) is 23.2 Å². The number of anilines is 2. The summed E-state index contributed by atoms with van der Waals surface area (Å²) < 4.78 is 25.4. The molecule has 1 heterocycles. The fourth-order valence-electron chi connectivity index (χ4n) is 2.17. The molecular weight excluding hydrogens is 413 g/mol. The van der Waals surface area contributed by atoms with Crippen molar-refractivity contribution in [1.82, 2.24) is 9.29 Å². The van der Waals surface area contributed by atoms with Gasteiger partial charge in [0.1, 0.15) is 0 Å². The zero-order chi connectivity index (χ0) is 18.9. The largest absolute Gasteiger partial charge is 0.331 e. The lowest BCUT2D eigenvalue weighted by Gasteiger charge is -2.11. The molecule has 1 aromatic heterocycles. The highest BCUT2D eigenvalue weighted by molar-refractivity contribution is 7.89. The standard InChI is InChI=1S/C17H15Cl2N3O2S2/c1-22(2)26(23,24)13-6-3-11(4-7-13)16-10-25-17(21-16)20-12-5-8-14(18)15(19)9-12/h3-10H,1-2H3,(H,20,21). The summed E-state index contributed by atoms with van der Waals surface area (Å²) in [6, 6.07) is 11.9. The first-order valence-electron chi connectivity index (χ1n) is 7.48. The van der Waals surface area contributed by atoms with Crippen molar-refractivity contribution in [2.75, 3.05) is 19.4 Å². The van der Waals surface area contributed by atoms with Crippen LogP contribution in [0.1, 0.15) is 0 Å². The molecule has 0 unspecified atom stereocenters. The Morgan fingerprint density at radius 3 is 2.35 bits per heavy atom. The van der Waals surface area contributed by atoms with E-state index in [9.17, 15) is 8.42 Å². The fraction of sp³-hybridized carbons (Fsp3) is 0.118. The lowest BCUT2D eigenvalue weighted by atomic mass is 10.2. The first-order chi connectivity index (χ1) is 12.3. The summed E-state index contributed by atoms with van der Waals surface area (Å²) in [6.07, 6.45) is 0. The van der Waals surface area contributed by atoms with Crippen molar-refractivity contribution in [3.63, 3.8) is 0 Å². The van der Waals surface area contributed by atoms with Gasteiger partial charge in [0, 0.05) is 30.7 Å². The summed E-state index contributed by atoms with van der Waals surface area (Å²) in [4.78, 5) is 4.77. The minimum Gasteiger partial charge on any atom is -0.331 e. The van der Waals surface area contributed by atoms with E-state index < -0.39 is 10.0 Å². The predicted molar refractivity (Wildman–Crippen MR) is 108 cm³/mol. The normalized spacial score (nSPS) is 11.7. The first-order valence-corrected chi connectivity index (χ1v) is 10.6.